The fourth-order valence-corrected chi connectivity index (χ4v) is 4.40. The van der Waals surface area contributed by atoms with E-state index in [0.717, 1.165) is 41.2 Å². The van der Waals surface area contributed by atoms with Crippen molar-refractivity contribution in [1.29, 1.82) is 0 Å². The fourth-order valence-electron chi connectivity index (χ4n) is 2.68. The van der Waals surface area contributed by atoms with Crippen molar-refractivity contribution in [2.45, 2.75) is 24.8 Å². The number of halogens is 2. The summed E-state index contributed by atoms with van der Waals surface area (Å²) in [5.41, 5.74) is 1.84. The van der Waals surface area contributed by atoms with Crippen LogP contribution in [0.25, 0.3) is 11.0 Å². The van der Waals surface area contributed by atoms with Crippen molar-refractivity contribution in [2.24, 2.45) is 0 Å². The van der Waals surface area contributed by atoms with Crippen LogP contribution in [0.5, 0.6) is 0 Å². The molecule has 0 N–H and O–H groups in total. The molecule has 1 fully saturated rings. The van der Waals surface area contributed by atoms with Crippen molar-refractivity contribution in [3.05, 3.63) is 29.0 Å². The quantitative estimate of drug-likeness (QED) is 0.795. The number of nitrogens with zero attached hydrogens (tertiary/aromatic N) is 2. The molecule has 0 amide bonds. The summed E-state index contributed by atoms with van der Waals surface area (Å²) in [6.45, 7) is 0. The Morgan fingerprint density at radius 2 is 2.11 bits per heavy atom. The molecule has 0 bridgehead atoms. The van der Waals surface area contributed by atoms with Gasteiger partial charge in [0.2, 0.25) is 0 Å². The van der Waals surface area contributed by atoms with Gasteiger partial charge in [-0.1, -0.05) is 17.7 Å². The Balaban J connectivity index is 2.12. The number of imidazole rings is 1. The molecule has 0 atom stereocenters. The zero-order valence-corrected chi connectivity index (χ0v) is 12.6. The van der Waals surface area contributed by atoms with E-state index in [4.69, 9.17) is 23.2 Å². The summed E-state index contributed by atoms with van der Waals surface area (Å²) in [5.74, 6) is 2.71. The number of benzene rings is 1. The third-order valence-corrected chi connectivity index (χ3v) is 5.50. The normalized spacial score (nSPS) is 23.9. The Kier molecular flexibility index (Phi) is 3.83. The third-order valence-electron chi connectivity index (χ3n) is 3.58. The molecule has 0 spiro atoms. The standard InChI is InChI=1S/C13H14Cl2N2OS/c14-8-12-16-11-3-1-2-10(15)13(11)17(12)9-4-6-19(18)7-5-9/h1-3,9H,4-8H2. The second-order valence-corrected chi connectivity index (χ2v) is 7.09. The van der Waals surface area contributed by atoms with Gasteiger partial charge in [-0.05, 0) is 25.0 Å². The van der Waals surface area contributed by atoms with Crippen LogP contribution < -0.4 is 0 Å². The van der Waals surface area contributed by atoms with E-state index in [9.17, 15) is 4.21 Å². The Bertz CT molecular complexity index is 631. The minimum Gasteiger partial charge on any atom is -0.323 e. The van der Waals surface area contributed by atoms with Gasteiger partial charge in [-0.3, -0.25) is 4.21 Å². The number of rotatable bonds is 2. The lowest BCUT2D eigenvalue weighted by atomic mass is 10.1. The molecular weight excluding hydrogens is 303 g/mol. The van der Waals surface area contributed by atoms with E-state index < -0.39 is 10.8 Å². The summed E-state index contributed by atoms with van der Waals surface area (Å²) in [4.78, 5) is 4.56. The molecule has 0 radical (unpaired) electrons. The molecule has 3 rings (SSSR count). The minimum absolute atomic E-state index is 0.302. The van der Waals surface area contributed by atoms with Crippen molar-refractivity contribution in [2.75, 3.05) is 11.5 Å². The first-order chi connectivity index (χ1) is 9.20. The molecule has 19 heavy (non-hydrogen) atoms. The summed E-state index contributed by atoms with van der Waals surface area (Å²) < 4.78 is 13.7. The van der Waals surface area contributed by atoms with Gasteiger partial charge in [0, 0.05) is 28.3 Å². The van der Waals surface area contributed by atoms with E-state index in [1.165, 1.54) is 0 Å². The molecule has 6 heteroatoms. The smallest absolute Gasteiger partial charge is 0.125 e. The fraction of sp³-hybridized carbons (Fsp3) is 0.462. The van der Waals surface area contributed by atoms with Crippen molar-refractivity contribution < 1.29 is 4.21 Å². The predicted octanol–water partition coefficient (Wildman–Crippen LogP) is 3.51. The number of hydrogen-bond acceptors (Lipinski definition) is 2. The second-order valence-electron chi connectivity index (χ2n) is 4.72. The van der Waals surface area contributed by atoms with E-state index in [-0.39, 0.29) is 0 Å². The number of fused-ring (bicyclic) bond motifs is 1. The molecule has 1 aliphatic rings. The highest BCUT2D eigenvalue weighted by Crippen LogP contribution is 2.32. The monoisotopic (exact) mass is 316 g/mol. The van der Waals surface area contributed by atoms with Gasteiger partial charge in [-0.2, -0.15) is 0 Å². The van der Waals surface area contributed by atoms with Crippen molar-refractivity contribution in [3.8, 4) is 0 Å². The van der Waals surface area contributed by atoms with Crippen LogP contribution in [-0.2, 0) is 16.7 Å². The average molecular weight is 317 g/mol. The second kappa shape index (κ2) is 5.43. The van der Waals surface area contributed by atoms with E-state index in [2.05, 4.69) is 9.55 Å². The summed E-state index contributed by atoms with van der Waals surface area (Å²) in [7, 11) is -0.670. The van der Waals surface area contributed by atoms with Gasteiger partial charge < -0.3 is 4.57 Å². The Morgan fingerprint density at radius 3 is 2.79 bits per heavy atom. The summed E-state index contributed by atoms with van der Waals surface area (Å²) in [6, 6.07) is 6.03. The number of hydrogen-bond donors (Lipinski definition) is 0. The van der Waals surface area contributed by atoms with Gasteiger partial charge in [0.15, 0.2) is 0 Å². The van der Waals surface area contributed by atoms with Crippen LogP contribution in [-0.4, -0.2) is 25.3 Å². The lowest BCUT2D eigenvalue weighted by Crippen LogP contribution is -2.22. The van der Waals surface area contributed by atoms with E-state index in [0.29, 0.717) is 16.9 Å². The largest absolute Gasteiger partial charge is 0.323 e. The molecule has 1 aromatic carbocycles. The SMILES string of the molecule is O=S1CCC(n2c(CCl)nc3cccc(Cl)c32)CC1. The van der Waals surface area contributed by atoms with Gasteiger partial charge in [0.05, 0.1) is 21.9 Å². The van der Waals surface area contributed by atoms with Crippen LogP contribution >= 0.6 is 23.2 Å². The van der Waals surface area contributed by atoms with Crippen molar-refractivity contribution >= 4 is 45.0 Å². The average Bonchev–Trinajstić information content (AvgIpc) is 2.80. The highest BCUT2D eigenvalue weighted by atomic mass is 35.5. The van der Waals surface area contributed by atoms with Crippen LogP contribution in [0, 0.1) is 0 Å². The first kappa shape index (κ1) is 13.4. The molecular formula is C13H14Cl2N2OS. The molecule has 2 aromatic rings. The molecule has 0 saturated carbocycles. The van der Waals surface area contributed by atoms with Gasteiger partial charge in [0.1, 0.15) is 5.82 Å². The predicted molar refractivity (Wildman–Crippen MR) is 80.4 cm³/mol. The first-order valence-electron chi connectivity index (χ1n) is 6.27. The Hall–Kier alpha value is -0.580. The number of alkyl halides is 1. The van der Waals surface area contributed by atoms with Crippen LogP contribution in [0.4, 0.5) is 0 Å². The van der Waals surface area contributed by atoms with Crippen LogP contribution in [0.15, 0.2) is 18.2 Å². The van der Waals surface area contributed by atoms with E-state index >= 15 is 0 Å². The Labute approximate surface area is 124 Å². The first-order valence-corrected chi connectivity index (χ1v) is 8.67. The maximum absolute atomic E-state index is 11.5. The Morgan fingerprint density at radius 1 is 1.37 bits per heavy atom. The molecule has 1 aliphatic heterocycles. The van der Waals surface area contributed by atoms with Gasteiger partial charge in [0.25, 0.3) is 0 Å². The topological polar surface area (TPSA) is 34.9 Å². The van der Waals surface area contributed by atoms with Gasteiger partial charge in [-0.25, -0.2) is 4.98 Å². The van der Waals surface area contributed by atoms with E-state index in [1.807, 2.05) is 18.2 Å². The number of aromatic nitrogens is 2. The molecule has 1 aromatic heterocycles. The van der Waals surface area contributed by atoms with Crippen molar-refractivity contribution in [3.63, 3.8) is 0 Å². The van der Waals surface area contributed by atoms with Crippen LogP contribution in [0.1, 0.15) is 24.7 Å². The molecule has 2 heterocycles. The zero-order valence-electron chi connectivity index (χ0n) is 10.3. The highest BCUT2D eigenvalue weighted by molar-refractivity contribution is 7.85. The summed E-state index contributed by atoms with van der Waals surface area (Å²) in [5, 5.41) is 0.702. The molecule has 0 aliphatic carbocycles. The third kappa shape index (κ3) is 2.41. The number of para-hydroxylation sites is 1. The molecule has 1 saturated heterocycles. The lowest BCUT2D eigenvalue weighted by Gasteiger charge is -2.25. The molecule has 3 nitrogen and oxygen atoms in total. The molecule has 0 unspecified atom stereocenters. The minimum atomic E-state index is -0.670. The van der Waals surface area contributed by atoms with Crippen LogP contribution in [0.3, 0.4) is 0 Å². The van der Waals surface area contributed by atoms with E-state index in [1.54, 1.807) is 0 Å². The van der Waals surface area contributed by atoms with Crippen LogP contribution in [0.2, 0.25) is 5.02 Å². The van der Waals surface area contributed by atoms with Gasteiger partial charge in [-0.15, -0.1) is 11.6 Å². The highest BCUT2D eigenvalue weighted by Gasteiger charge is 2.24. The maximum atomic E-state index is 11.5. The van der Waals surface area contributed by atoms with Gasteiger partial charge >= 0.3 is 0 Å². The summed E-state index contributed by atoms with van der Waals surface area (Å²) in [6.07, 6.45) is 1.79. The summed E-state index contributed by atoms with van der Waals surface area (Å²) >= 11 is 12.3. The zero-order chi connectivity index (χ0) is 13.4. The lowest BCUT2D eigenvalue weighted by molar-refractivity contribution is 0.462. The maximum Gasteiger partial charge on any atom is 0.125 e. The molecule has 102 valence electrons. The van der Waals surface area contributed by atoms with Crippen molar-refractivity contribution in [1.82, 2.24) is 9.55 Å².